The minimum atomic E-state index is 0.411. The number of aromatic nitrogens is 5. The number of anilines is 1. The molecule has 0 unspecified atom stereocenters. The zero-order valence-corrected chi connectivity index (χ0v) is 13.9. The molecule has 128 valence electrons. The largest absolute Gasteiger partial charge is 0.381 e. The molecule has 0 amide bonds. The number of ether oxygens (including phenoxy) is 1. The molecule has 4 heterocycles. The Hall–Kier alpha value is -2.80. The molecule has 1 N–H and O–H groups in total. The van der Waals surface area contributed by atoms with Gasteiger partial charge in [-0.1, -0.05) is 0 Å². The van der Waals surface area contributed by atoms with E-state index in [4.69, 9.17) is 4.74 Å². The van der Waals surface area contributed by atoms with E-state index in [1.807, 2.05) is 29.1 Å². The van der Waals surface area contributed by atoms with Gasteiger partial charge in [0.05, 0.1) is 17.9 Å². The van der Waals surface area contributed by atoms with Gasteiger partial charge in [-0.25, -0.2) is 9.97 Å². The molecule has 0 saturated carbocycles. The average molecular weight is 336 g/mol. The van der Waals surface area contributed by atoms with E-state index < -0.39 is 0 Å². The van der Waals surface area contributed by atoms with Gasteiger partial charge < -0.3 is 10.1 Å². The van der Waals surface area contributed by atoms with Gasteiger partial charge in [-0.15, -0.1) is 0 Å². The van der Waals surface area contributed by atoms with E-state index in [1.54, 1.807) is 18.6 Å². The Kier molecular flexibility index (Phi) is 4.65. The van der Waals surface area contributed by atoms with Crippen molar-refractivity contribution in [2.75, 3.05) is 18.5 Å². The summed E-state index contributed by atoms with van der Waals surface area (Å²) in [6, 6.07) is 6.25. The molecule has 0 atom stereocenters. The predicted octanol–water partition coefficient (Wildman–Crippen LogP) is 2.70. The second kappa shape index (κ2) is 7.40. The van der Waals surface area contributed by atoms with Gasteiger partial charge >= 0.3 is 0 Å². The van der Waals surface area contributed by atoms with Crippen LogP contribution in [0.3, 0.4) is 0 Å². The van der Waals surface area contributed by atoms with Crippen LogP contribution in [0.2, 0.25) is 0 Å². The van der Waals surface area contributed by atoms with Crippen molar-refractivity contribution in [1.82, 2.24) is 24.7 Å². The molecule has 4 rings (SSSR count). The Morgan fingerprint density at radius 3 is 2.80 bits per heavy atom. The maximum atomic E-state index is 5.42. The minimum Gasteiger partial charge on any atom is -0.381 e. The second-order valence-electron chi connectivity index (χ2n) is 6.03. The fourth-order valence-electron chi connectivity index (χ4n) is 2.91. The summed E-state index contributed by atoms with van der Waals surface area (Å²) in [6.07, 6.45) is 11.3. The van der Waals surface area contributed by atoms with Gasteiger partial charge in [-0.3, -0.25) is 9.67 Å². The van der Waals surface area contributed by atoms with Crippen LogP contribution in [-0.4, -0.2) is 37.9 Å². The summed E-state index contributed by atoms with van der Waals surface area (Å²) >= 11 is 0. The molecule has 0 aromatic carbocycles. The number of nitrogens with one attached hydrogen (secondary N) is 1. The van der Waals surface area contributed by atoms with Crippen LogP contribution in [0.25, 0.3) is 11.3 Å². The summed E-state index contributed by atoms with van der Waals surface area (Å²) < 4.78 is 7.45. The summed E-state index contributed by atoms with van der Waals surface area (Å²) in [5.41, 5.74) is 3.00. The smallest absolute Gasteiger partial charge is 0.223 e. The first-order valence-electron chi connectivity index (χ1n) is 8.46. The number of hydrogen-bond donors (Lipinski definition) is 1. The van der Waals surface area contributed by atoms with E-state index in [0.717, 1.165) is 42.9 Å². The summed E-state index contributed by atoms with van der Waals surface area (Å²) in [5, 5.41) is 7.76. The van der Waals surface area contributed by atoms with Crippen LogP contribution < -0.4 is 5.32 Å². The van der Waals surface area contributed by atoms with Crippen LogP contribution >= 0.6 is 0 Å². The van der Waals surface area contributed by atoms with Crippen LogP contribution in [0.15, 0.2) is 49.2 Å². The Bertz CT molecular complexity index is 813. The maximum absolute atomic E-state index is 5.42. The lowest BCUT2D eigenvalue weighted by atomic mass is 10.1. The highest BCUT2D eigenvalue weighted by atomic mass is 16.5. The van der Waals surface area contributed by atoms with E-state index >= 15 is 0 Å². The van der Waals surface area contributed by atoms with Gasteiger partial charge in [0.15, 0.2) is 0 Å². The van der Waals surface area contributed by atoms with Crippen molar-refractivity contribution < 1.29 is 4.74 Å². The van der Waals surface area contributed by atoms with E-state index in [9.17, 15) is 0 Å². The van der Waals surface area contributed by atoms with Crippen LogP contribution in [0, 0.1) is 0 Å². The molecule has 0 spiro atoms. The molecule has 0 radical (unpaired) electrons. The third-order valence-electron chi connectivity index (χ3n) is 4.32. The average Bonchev–Trinajstić information content (AvgIpc) is 3.18. The lowest BCUT2D eigenvalue weighted by Crippen LogP contribution is -2.19. The Morgan fingerprint density at radius 1 is 1.12 bits per heavy atom. The van der Waals surface area contributed by atoms with Crippen molar-refractivity contribution in [2.24, 2.45) is 0 Å². The standard InChI is InChI=1S/C18H20N6O/c1-6-19-7-2-14(1)11-21-18-20-8-3-17(23-18)15-12-22-24(13-15)16-4-9-25-10-5-16/h1-3,6-8,12-13,16H,4-5,9-11H2,(H,20,21,23). The molecule has 7 heteroatoms. The predicted molar refractivity (Wildman–Crippen MR) is 93.9 cm³/mol. The van der Waals surface area contributed by atoms with Crippen molar-refractivity contribution >= 4 is 5.95 Å². The molecule has 7 nitrogen and oxygen atoms in total. The molecular weight excluding hydrogens is 316 g/mol. The minimum absolute atomic E-state index is 0.411. The van der Waals surface area contributed by atoms with Crippen molar-refractivity contribution in [2.45, 2.75) is 25.4 Å². The molecule has 1 fully saturated rings. The number of rotatable bonds is 5. The molecule has 1 aliphatic rings. The van der Waals surface area contributed by atoms with E-state index in [2.05, 4.69) is 31.6 Å². The van der Waals surface area contributed by atoms with Gasteiger partial charge in [-0.2, -0.15) is 5.10 Å². The highest BCUT2D eigenvalue weighted by molar-refractivity contribution is 5.58. The monoisotopic (exact) mass is 336 g/mol. The molecule has 3 aromatic heterocycles. The molecule has 25 heavy (non-hydrogen) atoms. The maximum Gasteiger partial charge on any atom is 0.223 e. The van der Waals surface area contributed by atoms with Crippen LogP contribution in [0.1, 0.15) is 24.4 Å². The van der Waals surface area contributed by atoms with E-state index in [0.29, 0.717) is 18.5 Å². The highest BCUT2D eigenvalue weighted by Gasteiger charge is 2.17. The fraction of sp³-hybridized carbons (Fsp3) is 0.333. The molecule has 1 aliphatic heterocycles. The van der Waals surface area contributed by atoms with Gasteiger partial charge in [0.2, 0.25) is 5.95 Å². The zero-order chi connectivity index (χ0) is 16.9. The summed E-state index contributed by atoms with van der Waals surface area (Å²) in [7, 11) is 0. The van der Waals surface area contributed by atoms with Crippen LogP contribution in [0.5, 0.6) is 0 Å². The van der Waals surface area contributed by atoms with E-state index in [-0.39, 0.29) is 0 Å². The third kappa shape index (κ3) is 3.83. The summed E-state index contributed by atoms with van der Waals surface area (Å²) in [5.74, 6) is 0.605. The second-order valence-corrected chi connectivity index (χ2v) is 6.03. The van der Waals surface area contributed by atoms with Crippen LogP contribution in [-0.2, 0) is 11.3 Å². The highest BCUT2D eigenvalue weighted by Crippen LogP contribution is 2.23. The number of pyridine rings is 1. The molecule has 1 saturated heterocycles. The number of nitrogens with zero attached hydrogens (tertiary/aromatic N) is 5. The SMILES string of the molecule is c1cc(CNc2nccc(-c3cnn(C4CCOCC4)c3)n2)ccn1. The van der Waals surface area contributed by atoms with Crippen molar-refractivity contribution in [1.29, 1.82) is 0 Å². The van der Waals surface area contributed by atoms with Gasteiger partial charge in [0.1, 0.15) is 0 Å². The normalized spacial score (nSPS) is 15.2. The van der Waals surface area contributed by atoms with Crippen molar-refractivity contribution in [3.63, 3.8) is 0 Å². The van der Waals surface area contributed by atoms with Gasteiger partial charge in [-0.05, 0) is 36.6 Å². The molecule has 0 aliphatic carbocycles. The number of hydrogen-bond acceptors (Lipinski definition) is 6. The Balaban J connectivity index is 1.46. The van der Waals surface area contributed by atoms with Crippen molar-refractivity contribution in [3.05, 3.63) is 54.7 Å². The molecular formula is C18H20N6O. The Labute approximate surface area is 146 Å². The summed E-state index contributed by atoms with van der Waals surface area (Å²) in [4.78, 5) is 12.9. The first kappa shape index (κ1) is 15.7. The van der Waals surface area contributed by atoms with Crippen molar-refractivity contribution in [3.8, 4) is 11.3 Å². The molecule has 0 bridgehead atoms. The fourth-order valence-corrected chi connectivity index (χ4v) is 2.91. The first-order valence-corrected chi connectivity index (χ1v) is 8.46. The summed E-state index contributed by atoms with van der Waals surface area (Å²) in [6.45, 7) is 2.26. The lowest BCUT2D eigenvalue weighted by molar-refractivity contribution is 0.0662. The topological polar surface area (TPSA) is 77.8 Å². The van der Waals surface area contributed by atoms with Gasteiger partial charge in [0.25, 0.3) is 0 Å². The van der Waals surface area contributed by atoms with Gasteiger partial charge in [0, 0.05) is 50.1 Å². The molecule has 3 aromatic rings. The Morgan fingerprint density at radius 2 is 1.96 bits per heavy atom. The van der Waals surface area contributed by atoms with E-state index in [1.165, 1.54) is 0 Å². The zero-order valence-electron chi connectivity index (χ0n) is 13.9. The quantitative estimate of drug-likeness (QED) is 0.772. The van der Waals surface area contributed by atoms with Crippen LogP contribution in [0.4, 0.5) is 5.95 Å². The lowest BCUT2D eigenvalue weighted by Gasteiger charge is -2.22. The third-order valence-corrected chi connectivity index (χ3v) is 4.32. The first-order chi connectivity index (χ1) is 12.4.